The van der Waals surface area contributed by atoms with Crippen LogP contribution in [0.2, 0.25) is 0 Å². The molecule has 1 rings (SSSR count). The fourth-order valence-corrected chi connectivity index (χ4v) is 2.22. The third-order valence-corrected chi connectivity index (χ3v) is 3.58. The predicted molar refractivity (Wildman–Crippen MR) is 80.6 cm³/mol. The molecule has 1 aromatic carbocycles. The van der Waals surface area contributed by atoms with Crippen LogP contribution in [0.3, 0.4) is 0 Å². The summed E-state index contributed by atoms with van der Waals surface area (Å²) >= 11 is 0. The van der Waals surface area contributed by atoms with Crippen molar-refractivity contribution in [3.8, 4) is 0 Å². The quantitative estimate of drug-likeness (QED) is 0.731. The predicted octanol–water partition coefficient (Wildman–Crippen LogP) is 2.90. The molecule has 0 amide bonds. The zero-order valence-electron chi connectivity index (χ0n) is 11.9. The molecule has 0 aromatic heterocycles. The molecule has 18 heavy (non-hydrogen) atoms. The standard InChI is InChI=1S/C15H27N3/c1-4-6-12(2)18(3)10-5-7-13-11-14(16)8-9-15(13)17/h8-9,11-12H,4-7,10,16-17H2,1-3H3. The van der Waals surface area contributed by atoms with Crippen LogP contribution in [0.5, 0.6) is 0 Å². The minimum absolute atomic E-state index is 0.660. The van der Waals surface area contributed by atoms with E-state index in [0.717, 1.165) is 30.8 Å². The topological polar surface area (TPSA) is 55.3 Å². The second kappa shape index (κ2) is 7.27. The summed E-state index contributed by atoms with van der Waals surface area (Å²) in [4.78, 5) is 2.42. The maximum atomic E-state index is 5.94. The molecule has 102 valence electrons. The third-order valence-electron chi connectivity index (χ3n) is 3.58. The van der Waals surface area contributed by atoms with Crippen LogP contribution in [0.15, 0.2) is 18.2 Å². The van der Waals surface area contributed by atoms with E-state index in [4.69, 9.17) is 11.5 Å². The molecule has 0 saturated heterocycles. The summed E-state index contributed by atoms with van der Waals surface area (Å²) < 4.78 is 0. The Kier molecular flexibility index (Phi) is 5.99. The van der Waals surface area contributed by atoms with E-state index in [9.17, 15) is 0 Å². The van der Waals surface area contributed by atoms with Gasteiger partial charge < -0.3 is 16.4 Å². The van der Waals surface area contributed by atoms with E-state index in [1.165, 1.54) is 18.4 Å². The molecule has 0 heterocycles. The van der Waals surface area contributed by atoms with Crippen LogP contribution in [0.1, 0.15) is 38.7 Å². The van der Waals surface area contributed by atoms with E-state index in [2.05, 4.69) is 25.8 Å². The van der Waals surface area contributed by atoms with Crippen LogP contribution in [-0.2, 0) is 6.42 Å². The number of nitrogens with two attached hydrogens (primary N) is 2. The van der Waals surface area contributed by atoms with Crippen molar-refractivity contribution in [1.29, 1.82) is 0 Å². The summed E-state index contributed by atoms with van der Waals surface area (Å²) in [6.45, 7) is 5.63. The molecule has 0 aliphatic carbocycles. The van der Waals surface area contributed by atoms with Gasteiger partial charge in [-0.3, -0.25) is 0 Å². The second-order valence-corrected chi connectivity index (χ2v) is 5.18. The van der Waals surface area contributed by atoms with Crippen molar-refractivity contribution in [3.63, 3.8) is 0 Å². The number of benzene rings is 1. The van der Waals surface area contributed by atoms with Gasteiger partial charge in [-0.1, -0.05) is 13.3 Å². The van der Waals surface area contributed by atoms with Crippen molar-refractivity contribution < 1.29 is 0 Å². The fourth-order valence-electron chi connectivity index (χ4n) is 2.22. The van der Waals surface area contributed by atoms with Gasteiger partial charge in [0, 0.05) is 17.4 Å². The molecule has 0 aliphatic heterocycles. The van der Waals surface area contributed by atoms with Gasteiger partial charge in [-0.2, -0.15) is 0 Å². The van der Waals surface area contributed by atoms with Gasteiger partial charge in [0.2, 0.25) is 0 Å². The summed E-state index contributed by atoms with van der Waals surface area (Å²) in [5.74, 6) is 0. The van der Waals surface area contributed by atoms with Gasteiger partial charge in [-0.25, -0.2) is 0 Å². The van der Waals surface area contributed by atoms with Crippen LogP contribution in [0.4, 0.5) is 11.4 Å². The van der Waals surface area contributed by atoms with Gasteiger partial charge in [-0.05, 0) is 63.5 Å². The van der Waals surface area contributed by atoms with E-state index in [1.54, 1.807) is 0 Å². The Balaban J connectivity index is 2.39. The van der Waals surface area contributed by atoms with Gasteiger partial charge in [0.25, 0.3) is 0 Å². The normalized spacial score (nSPS) is 12.9. The highest BCUT2D eigenvalue weighted by atomic mass is 15.1. The lowest BCUT2D eigenvalue weighted by atomic mass is 10.1. The Morgan fingerprint density at radius 3 is 2.67 bits per heavy atom. The Morgan fingerprint density at radius 1 is 1.28 bits per heavy atom. The molecule has 1 unspecified atom stereocenters. The summed E-state index contributed by atoms with van der Waals surface area (Å²) in [5.41, 5.74) is 14.6. The first-order valence-electron chi connectivity index (χ1n) is 6.88. The molecule has 3 heteroatoms. The number of anilines is 2. The number of hydrogen-bond acceptors (Lipinski definition) is 3. The van der Waals surface area contributed by atoms with Crippen LogP contribution >= 0.6 is 0 Å². The van der Waals surface area contributed by atoms with Crippen LogP contribution in [0.25, 0.3) is 0 Å². The molecule has 0 aliphatic rings. The summed E-state index contributed by atoms with van der Waals surface area (Å²) in [7, 11) is 2.20. The first kappa shape index (κ1) is 14.8. The monoisotopic (exact) mass is 249 g/mol. The lowest BCUT2D eigenvalue weighted by Crippen LogP contribution is -2.30. The maximum absolute atomic E-state index is 5.94. The molecule has 0 spiro atoms. The van der Waals surface area contributed by atoms with Gasteiger partial charge in [0.1, 0.15) is 0 Å². The lowest BCUT2D eigenvalue weighted by molar-refractivity contribution is 0.242. The zero-order chi connectivity index (χ0) is 13.5. The minimum atomic E-state index is 0.660. The van der Waals surface area contributed by atoms with E-state index in [-0.39, 0.29) is 0 Å². The summed E-state index contributed by atoms with van der Waals surface area (Å²) in [5, 5.41) is 0. The zero-order valence-corrected chi connectivity index (χ0v) is 11.9. The Morgan fingerprint density at radius 2 is 2.00 bits per heavy atom. The van der Waals surface area contributed by atoms with E-state index in [1.807, 2.05) is 18.2 Å². The molecular weight excluding hydrogens is 222 g/mol. The molecule has 0 fully saturated rings. The minimum Gasteiger partial charge on any atom is -0.399 e. The van der Waals surface area contributed by atoms with E-state index >= 15 is 0 Å². The third kappa shape index (κ3) is 4.57. The van der Waals surface area contributed by atoms with Crippen LogP contribution in [0, 0.1) is 0 Å². The average Bonchev–Trinajstić information content (AvgIpc) is 2.33. The van der Waals surface area contributed by atoms with E-state index < -0.39 is 0 Å². The number of nitrogen functional groups attached to an aromatic ring is 2. The number of rotatable bonds is 7. The Hall–Kier alpha value is -1.22. The molecule has 3 nitrogen and oxygen atoms in total. The molecular formula is C15H27N3. The largest absolute Gasteiger partial charge is 0.399 e. The molecule has 1 aromatic rings. The van der Waals surface area contributed by atoms with Crippen LogP contribution in [-0.4, -0.2) is 24.5 Å². The highest BCUT2D eigenvalue weighted by Gasteiger charge is 2.08. The van der Waals surface area contributed by atoms with Gasteiger partial charge in [-0.15, -0.1) is 0 Å². The van der Waals surface area contributed by atoms with Crippen molar-refractivity contribution in [1.82, 2.24) is 4.90 Å². The van der Waals surface area contributed by atoms with Crippen molar-refractivity contribution in [2.45, 2.75) is 45.6 Å². The summed E-state index contributed by atoms with van der Waals surface area (Å²) in [6.07, 6.45) is 4.63. The first-order valence-corrected chi connectivity index (χ1v) is 6.88. The molecule has 1 atom stereocenters. The van der Waals surface area contributed by atoms with Gasteiger partial charge in [0.05, 0.1) is 0 Å². The Labute approximate surface area is 111 Å². The molecule has 0 bridgehead atoms. The molecule has 0 radical (unpaired) electrons. The highest BCUT2D eigenvalue weighted by molar-refractivity contribution is 5.55. The van der Waals surface area contributed by atoms with Crippen molar-refractivity contribution >= 4 is 11.4 Å². The second-order valence-electron chi connectivity index (χ2n) is 5.18. The molecule has 0 saturated carbocycles. The highest BCUT2D eigenvalue weighted by Crippen LogP contribution is 2.17. The average molecular weight is 249 g/mol. The number of nitrogens with zero attached hydrogens (tertiary/aromatic N) is 1. The lowest BCUT2D eigenvalue weighted by Gasteiger charge is -2.24. The number of hydrogen-bond donors (Lipinski definition) is 2. The van der Waals surface area contributed by atoms with Crippen LogP contribution < -0.4 is 11.5 Å². The van der Waals surface area contributed by atoms with Crippen molar-refractivity contribution in [2.75, 3.05) is 25.1 Å². The number of aryl methyl sites for hydroxylation is 1. The van der Waals surface area contributed by atoms with Crippen molar-refractivity contribution in [2.24, 2.45) is 0 Å². The maximum Gasteiger partial charge on any atom is 0.0348 e. The van der Waals surface area contributed by atoms with E-state index in [0.29, 0.717) is 6.04 Å². The van der Waals surface area contributed by atoms with Crippen molar-refractivity contribution in [3.05, 3.63) is 23.8 Å². The van der Waals surface area contributed by atoms with Gasteiger partial charge >= 0.3 is 0 Å². The molecule has 4 N–H and O–H groups in total. The smallest absolute Gasteiger partial charge is 0.0348 e. The fraction of sp³-hybridized carbons (Fsp3) is 0.600. The van der Waals surface area contributed by atoms with Gasteiger partial charge in [0.15, 0.2) is 0 Å². The Bertz CT molecular complexity index is 363. The SMILES string of the molecule is CCCC(C)N(C)CCCc1cc(N)ccc1N. The summed E-state index contributed by atoms with van der Waals surface area (Å²) in [6, 6.07) is 6.40. The first-order chi connectivity index (χ1) is 8.54.